The molecule has 1 unspecified atom stereocenters. The topological polar surface area (TPSA) is 80.9 Å². The summed E-state index contributed by atoms with van der Waals surface area (Å²) >= 11 is 1.46. The maximum atomic E-state index is 13.1. The number of nitrogens with zero attached hydrogens (tertiary/aromatic N) is 6. The molecule has 1 aliphatic heterocycles. The van der Waals surface area contributed by atoms with Gasteiger partial charge in [-0.05, 0) is 0 Å². The highest BCUT2D eigenvalue weighted by atomic mass is 32.1. The molecular formula is C16H19N7OS. The second kappa shape index (κ2) is 6.41. The number of imidazole rings is 1. The number of thiazole rings is 1. The van der Waals surface area contributed by atoms with Gasteiger partial charge in [-0.2, -0.15) is 5.10 Å². The Morgan fingerprint density at radius 2 is 2.28 bits per heavy atom. The fourth-order valence-electron chi connectivity index (χ4n) is 3.06. The Morgan fingerprint density at radius 3 is 3.00 bits per heavy atom. The predicted octanol–water partition coefficient (Wildman–Crippen LogP) is 1.06. The third-order valence-electron chi connectivity index (χ3n) is 4.34. The van der Waals surface area contributed by atoms with Crippen molar-refractivity contribution in [3.05, 3.63) is 41.7 Å². The van der Waals surface area contributed by atoms with Crippen molar-refractivity contribution >= 4 is 17.2 Å². The molecule has 1 amide bonds. The Bertz CT molecular complexity index is 896. The molecule has 0 saturated carbocycles. The van der Waals surface area contributed by atoms with Crippen molar-refractivity contribution in [2.45, 2.75) is 6.04 Å². The van der Waals surface area contributed by atoms with Crippen molar-refractivity contribution in [2.24, 2.45) is 14.1 Å². The van der Waals surface area contributed by atoms with Crippen LogP contribution in [0.25, 0.3) is 10.6 Å². The molecule has 0 radical (unpaired) electrons. The van der Waals surface area contributed by atoms with Crippen LogP contribution in [0, 0.1) is 0 Å². The number of aromatic nitrogens is 5. The first-order valence-electron chi connectivity index (χ1n) is 8.07. The molecule has 25 heavy (non-hydrogen) atoms. The predicted molar refractivity (Wildman–Crippen MR) is 94.2 cm³/mol. The van der Waals surface area contributed by atoms with Gasteiger partial charge in [0.1, 0.15) is 22.6 Å². The van der Waals surface area contributed by atoms with E-state index in [1.54, 1.807) is 17.1 Å². The minimum absolute atomic E-state index is 0.0547. The van der Waals surface area contributed by atoms with E-state index in [0.717, 1.165) is 22.9 Å². The first-order chi connectivity index (χ1) is 12.1. The zero-order valence-electron chi connectivity index (χ0n) is 14.1. The largest absolute Gasteiger partial charge is 0.336 e. The van der Waals surface area contributed by atoms with Crippen molar-refractivity contribution in [2.75, 3.05) is 19.6 Å². The van der Waals surface area contributed by atoms with Gasteiger partial charge in [0.25, 0.3) is 5.91 Å². The summed E-state index contributed by atoms with van der Waals surface area (Å²) in [7, 11) is 3.81. The molecule has 1 aliphatic rings. The highest BCUT2D eigenvalue weighted by Gasteiger charge is 2.32. The van der Waals surface area contributed by atoms with Crippen LogP contribution < -0.4 is 5.32 Å². The van der Waals surface area contributed by atoms with Crippen LogP contribution in [0.1, 0.15) is 22.4 Å². The molecule has 4 heterocycles. The van der Waals surface area contributed by atoms with Crippen LogP contribution in [0.5, 0.6) is 0 Å². The van der Waals surface area contributed by atoms with E-state index in [1.807, 2.05) is 41.3 Å². The van der Waals surface area contributed by atoms with Gasteiger partial charge in [0.15, 0.2) is 0 Å². The van der Waals surface area contributed by atoms with Gasteiger partial charge in [-0.15, -0.1) is 11.3 Å². The molecule has 8 nitrogen and oxygen atoms in total. The molecule has 4 rings (SSSR count). The van der Waals surface area contributed by atoms with Gasteiger partial charge in [0.05, 0.1) is 6.20 Å². The SMILES string of the molecule is Cn1cc(-c2nc(C(=O)N3CCNCC3c3nccn3C)cs2)cn1. The maximum absolute atomic E-state index is 13.1. The van der Waals surface area contributed by atoms with Crippen molar-refractivity contribution in [1.82, 2.24) is 34.5 Å². The van der Waals surface area contributed by atoms with E-state index < -0.39 is 0 Å². The van der Waals surface area contributed by atoms with Crippen molar-refractivity contribution < 1.29 is 4.79 Å². The first-order valence-corrected chi connectivity index (χ1v) is 8.95. The summed E-state index contributed by atoms with van der Waals surface area (Å²) in [5.41, 5.74) is 1.40. The molecule has 1 saturated heterocycles. The second-order valence-electron chi connectivity index (χ2n) is 6.06. The number of aryl methyl sites for hydroxylation is 2. The van der Waals surface area contributed by atoms with Gasteiger partial charge in [-0.25, -0.2) is 9.97 Å². The lowest BCUT2D eigenvalue weighted by atomic mass is 10.1. The highest BCUT2D eigenvalue weighted by Crippen LogP contribution is 2.26. The number of hydrogen-bond acceptors (Lipinski definition) is 6. The quantitative estimate of drug-likeness (QED) is 0.758. The standard InChI is InChI=1S/C16H19N7OS/c1-21-5-4-18-14(21)13-8-17-3-6-23(13)16(24)12-10-25-15(20-12)11-7-19-22(2)9-11/h4-5,7,9-10,13,17H,3,6,8H2,1-2H3. The van der Waals surface area contributed by atoms with Crippen molar-refractivity contribution in [3.63, 3.8) is 0 Å². The Balaban J connectivity index is 1.61. The third-order valence-corrected chi connectivity index (χ3v) is 5.23. The van der Waals surface area contributed by atoms with E-state index >= 15 is 0 Å². The molecule has 1 atom stereocenters. The van der Waals surface area contributed by atoms with E-state index in [4.69, 9.17) is 0 Å². The van der Waals surface area contributed by atoms with Gasteiger partial charge in [0.2, 0.25) is 0 Å². The normalized spacial score (nSPS) is 17.8. The van der Waals surface area contributed by atoms with Crippen LogP contribution in [0.2, 0.25) is 0 Å². The number of carbonyl (C=O) groups excluding carboxylic acids is 1. The number of rotatable bonds is 3. The number of amides is 1. The minimum Gasteiger partial charge on any atom is -0.336 e. The van der Waals surface area contributed by atoms with E-state index in [9.17, 15) is 4.79 Å². The van der Waals surface area contributed by atoms with Crippen LogP contribution in [-0.2, 0) is 14.1 Å². The van der Waals surface area contributed by atoms with Crippen molar-refractivity contribution in [3.8, 4) is 10.6 Å². The summed E-state index contributed by atoms with van der Waals surface area (Å²) < 4.78 is 3.69. The average molecular weight is 357 g/mol. The Hall–Kier alpha value is -2.52. The van der Waals surface area contributed by atoms with Gasteiger partial charge in [-0.3, -0.25) is 9.48 Å². The zero-order chi connectivity index (χ0) is 17.4. The summed E-state index contributed by atoms with van der Waals surface area (Å²) in [4.78, 5) is 23.9. The number of nitrogens with one attached hydrogen (secondary N) is 1. The molecule has 3 aromatic heterocycles. The second-order valence-corrected chi connectivity index (χ2v) is 6.91. The molecule has 3 aromatic rings. The van der Waals surface area contributed by atoms with Crippen LogP contribution >= 0.6 is 11.3 Å². The van der Waals surface area contributed by atoms with Crippen LogP contribution in [0.4, 0.5) is 0 Å². The molecule has 9 heteroatoms. The fraction of sp³-hybridized carbons (Fsp3) is 0.375. The fourth-order valence-corrected chi connectivity index (χ4v) is 3.83. The molecule has 1 fully saturated rings. The molecule has 0 bridgehead atoms. The van der Waals surface area contributed by atoms with E-state index in [-0.39, 0.29) is 11.9 Å². The lowest BCUT2D eigenvalue weighted by Gasteiger charge is -2.35. The van der Waals surface area contributed by atoms with Gasteiger partial charge < -0.3 is 14.8 Å². The lowest BCUT2D eigenvalue weighted by Crippen LogP contribution is -2.49. The first kappa shape index (κ1) is 16.0. The molecule has 0 aromatic carbocycles. The van der Waals surface area contributed by atoms with Crippen molar-refractivity contribution in [1.29, 1.82) is 0 Å². The summed E-state index contributed by atoms with van der Waals surface area (Å²) in [6.07, 6.45) is 7.31. The van der Waals surface area contributed by atoms with E-state index in [0.29, 0.717) is 18.8 Å². The lowest BCUT2D eigenvalue weighted by molar-refractivity contribution is 0.0615. The molecule has 1 N–H and O–H groups in total. The van der Waals surface area contributed by atoms with Gasteiger partial charge in [-0.1, -0.05) is 0 Å². The van der Waals surface area contributed by atoms with Crippen LogP contribution in [0.15, 0.2) is 30.2 Å². The monoisotopic (exact) mass is 357 g/mol. The Labute approximate surface area is 149 Å². The molecule has 130 valence electrons. The van der Waals surface area contributed by atoms with E-state index in [2.05, 4.69) is 20.4 Å². The number of hydrogen-bond donors (Lipinski definition) is 1. The summed E-state index contributed by atoms with van der Waals surface area (Å²) in [6, 6.07) is -0.0928. The summed E-state index contributed by atoms with van der Waals surface area (Å²) in [5, 5.41) is 10.1. The van der Waals surface area contributed by atoms with Crippen LogP contribution in [0.3, 0.4) is 0 Å². The zero-order valence-corrected chi connectivity index (χ0v) is 14.9. The third kappa shape index (κ3) is 2.96. The van der Waals surface area contributed by atoms with E-state index in [1.165, 1.54) is 11.3 Å². The summed E-state index contributed by atoms with van der Waals surface area (Å²) in [6.45, 7) is 2.10. The Kier molecular flexibility index (Phi) is 4.10. The van der Waals surface area contributed by atoms with Gasteiger partial charge in [0, 0.05) is 63.3 Å². The molecular weight excluding hydrogens is 338 g/mol. The Morgan fingerprint density at radius 1 is 1.40 bits per heavy atom. The average Bonchev–Trinajstić information content (AvgIpc) is 3.34. The molecule has 0 spiro atoms. The number of piperazine rings is 1. The molecule has 0 aliphatic carbocycles. The maximum Gasteiger partial charge on any atom is 0.274 e. The highest BCUT2D eigenvalue weighted by molar-refractivity contribution is 7.13. The minimum atomic E-state index is -0.0928. The van der Waals surface area contributed by atoms with Crippen LogP contribution in [-0.4, -0.2) is 54.8 Å². The van der Waals surface area contributed by atoms with Gasteiger partial charge >= 0.3 is 0 Å². The summed E-state index contributed by atoms with van der Waals surface area (Å²) in [5.74, 6) is 0.823. The number of carbonyl (C=O) groups is 1. The smallest absolute Gasteiger partial charge is 0.274 e.